The van der Waals surface area contributed by atoms with Gasteiger partial charge in [0, 0.05) is 24.0 Å². The van der Waals surface area contributed by atoms with Gasteiger partial charge in [0.05, 0.1) is 11.2 Å². The van der Waals surface area contributed by atoms with Crippen LogP contribution in [0.5, 0.6) is 0 Å². The van der Waals surface area contributed by atoms with Crippen LogP contribution in [0.2, 0.25) is 5.02 Å². The van der Waals surface area contributed by atoms with E-state index < -0.39 is 0 Å². The predicted molar refractivity (Wildman–Crippen MR) is 89.8 cm³/mol. The average molecular weight is 315 g/mol. The van der Waals surface area contributed by atoms with Crippen LogP contribution in [0.1, 0.15) is 5.56 Å². The minimum Gasteiger partial charge on any atom is -0.372 e. The second kappa shape index (κ2) is 5.79. The van der Waals surface area contributed by atoms with Crippen LogP contribution in [0, 0.1) is 0 Å². The number of aromatic nitrogens is 2. The Morgan fingerprint density at radius 2 is 2.09 bits per heavy atom. The van der Waals surface area contributed by atoms with Crippen LogP contribution in [0.4, 0.5) is 5.82 Å². The molecule has 3 rings (SSSR count). The van der Waals surface area contributed by atoms with Gasteiger partial charge in [-0.25, -0.2) is 4.79 Å². The lowest BCUT2D eigenvalue weighted by atomic mass is 10.1. The number of hydrogen-bond donors (Lipinski definition) is 2. The molecule has 0 aliphatic carbocycles. The van der Waals surface area contributed by atoms with Crippen LogP contribution in [0.15, 0.2) is 47.3 Å². The Kier molecular flexibility index (Phi) is 3.83. The van der Waals surface area contributed by atoms with E-state index in [2.05, 4.69) is 10.3 Å². The van der Waals surface area contributed by atoms with Gasteiger partial charge in [-0.2, -0.15) is 4.98 Å². The molecule has 0 fully saturated rings. The summed E-state index contributed by atoms with van der Waals surface area (Å²) in [6.45, 7) is 0.406. The van der Waals surface area contributed by atoms with Crippen molar-refractivity contribution < 1.29 is 0 Å². The predicted octanol–water partition coefficient (Wildman–Crippen LogP) is 2.54. The third-order valence-electron chi connectivity index (χ3n) is 3.50. The maximum absolute atomic E-state index is 12.5. The zero-order valence-electron chi connectivity index (χ0n) is 12.0. The maximum atomic E-state index is 12.5. The first kappa shape index (κ1) is 14.6. The zero-order valence-corrected chi connectivity index (χ0v) is 12.8. The monoisotopic (exact) mass is 314 g/mol. The molecule has 0 saturated heterocycles. The summed E-state index contributed by atoms with van der Waals surface area (Å²) in [6.07, 6.45) is 0. The molecule has 3 aromatic rings. The molecule has 2 aromatic carbocycles. The molecule has 0 unspecified atom stereocenters. The maximum Gasteiger partial charge on any atom is 0.354 e. The van der Waals surface area contributed by atoms with E-state index >= 15 is 0 Å². The number of nitrogens with zero attached hydrogens (tertiary/aromatic N) is 2. The molecule has 1 heterocycles. The van der Waals surface area contributed by atoms with Crippen molar-refractivity contribution in [3.05, 3.63) is 63.5 Å². The second-order valence-electron chi connectivity index (χ2n) is 4.86. The van der Waals surface area contributed by atoms with Gasteiger partial charge in [-0.05, 0) is 35.9 Å². The van der Waals surface area contributed by atoms with Gasteiger partial charge in [-0.1, -0.05) is 23.7 Å². The SMILES string of the molecule is CNc1nc(=O)n(-c2cccc(CN)c2)c2cc(Cl)ccc12. The summed E-state index contributed by atoms with van der Waals surface area (Å²) in [5.74, 6) is 0.530. The third kappa shape index (κ3) is 2.45. The Morgan fingerprint density at radius 3 is 2.82 bits per heavy atom. The third-order valence-corrected chi connectivity index (χ3v) is 3.73. The lowest BCUT2D eigenvalue weighted by Crippen LogP contribution is -2.23. The number of nitrogens with two attached hydrogens (primary N) is 1. The minimum atomic E-state index is -0.367. The van der Waals surface area contributed by atoms with Gasteiger partial charge in [0.2, 0.25) is 0 Å². The molecule has 5 nitrogen and oxygen atoms in total. The highest BCUT2D eigenvalue weighted by Gasteiger charge is 2.12. The van der Waals surface area contributed by atoms with Crippen LogP contribution < -0.4 is 16.7 Å². The molecule has 0 radical (unpaired) electrons. The van der Waals surface area contributed by atoms with Crippen molar-refractivity contribution in [3.63, 3.8) is 0 Å². The fourth-order valence-electron chi connectivity index (χ4n) is 2.46. The number of anilines is 1. The van der Waals surface area contributed by atoms with Gasteiger partial charge in [-0.15, -0.1) is 0 Å². The van der Waals surface area contributed by atoms with Crippen molar-refractivity contribution in [2.45, 2.75) is 6.54 Å². The smallest absolute Gasteiger partial charge is 0.354 e. The lowest BCUT2D eigenvalue weighted by Gasteiger charge is -2.13. The molecule has 3 N–H and O–H groups in total. The summed E-state index contributed by atoms with van der Waals surface area (Å²) in [5, 5.41) is 4.33. The molecule has 0 aliphatic heterocycles. The number of rotatable bonds is 3. The van der Waals surface area contributed by atoms with Gasteiger partial charge in [0.15, 0.2) is 0 Å². The topological polar surface area (TPSA) is 72.9 Å². The molecule has 0 aliphatic rings. The molecule has 112 valence electrons. The van der Waals surface area contributed by atoms with Crippen molar-refractivity contribution in [1.82, 2.24) is 9.55 Å². The average Bonchev–Trinajstić information content (AvgIpc) is 2.53. The molecule has 0 amide bonds. The van der Waals surface area contributed by atoms with E-state index in [9.17, 15) is 4.79 Å². The van der Waals surface area contributed by atoms with Crippen LogP contribution in [0.25, 0.3) is 16.6 Å². The first-order valence-corrected chi connectivity index (χ1v) is 7.21. The van der Waals surface area contributed by atoms with Crippen molar-refractivity contribution in [2.24, 2.45) is 5.73 Å². The van der Waals surface area contributed by atoms with E-state index in [1.807, 2.05) is 30.3 Å². The van der Waals surface area contributed by atoms with E-state index in [1.54, 1.807) is 23.7 Å². The van der Waals surface area contributed by atoms with Crippen molar-refractivity contribution in [2.75, 3.05) is 12.4 Å². The molecule has 0 bridgehead atoms. The van der Waals surface area contributed by atoms with Crippen molar-refractivity contribution in [1.29, 1.82) is 0 Å². The Balaban J connectivity index is 2.40. The normalized spacial score (nSPS) is 10.9. The summed E-state index contributed by atoms with van der Waals surface area (Å²) in [5.41, 5.74) is 7.68. The van der Waals surface area contributed by atoms with E-state index in [4.69, 9.17) is 17.3 Å². The number of fused-ring (bicyclic) bond motifs is 1. The van der Waals surface area contributed by atoms with Crippen LogP contribution in [-0.2, 0) is 6.54 Å². The Bertz CT molecular complexity index is 904. The Hall–Kier alpha value is -2.37. The fraction of sp³-hybridized carbons (Fsp3) is 0.125. The van der Waals surface area contributed by atoms with E-state index in [0.29, 0.717) is 22.9 Å². The van der Waals surface area contributed by atoms with E-state index in [-0.39, 0.29) is 5.69 Å². The molecule has 1 aromatic heterocycles. The summed E-state index contributed by atoms with van der Waals surface area (Å²) in [6, 6.07) is 12.9. The highest BCUT2D eigenvalue weighted by molar-refractivity contribution is 6.31. The molecule has 22 heavy (non-hydrogen) atoms. The molecule has 0 saturated carbocycles. The van der Waals surface area contributed by atoms with Crippen molar-refractivity contribution in [3.8, 4) is 5.69 Å². The quantitative estimate of drug-likeness (QED) is 0.779. The molecular formula is C16H15ClN4O. The highest BCUT2D eigenvalue weighted by atomic mass is 35.5. The Labute approximate surface area is 132 Å². The lowest BCUT2D eigenvalue weighted by molar-refractivity contribution is 0.953. The summed E-state index contributed by atoms with van der Waals surface area (Å²) in [4.78, 5) is 16.6. The summed E-state index contributed by atoms with van der Waals surface area (Å²) >= 11 is 6.11. The largest absolute Gasteiger partial charge is 0.372 e. The molecule has 0 spiro atoms. The first-order valence-electron chi connectivity index (χ1n) is 6.83. The standard InChI is InChI=1S/C16H15ClN4O/c1-19-15-13-6-5-11(17)8-14(13)21(16(22)20-15)12-4-2-3-10(7-12)9-18/h2-8H,9,18H2,1H3,(H,19,20,22). The first-order chi connectivity index (χ1) is 10.6. The second-order valence-corrected chi connectivity index (χ2v) is 5.30. The van der Waals surface area contributed by atoms with Crippen LogP contribution >= 0.6 is 11.6 Å². The van der Waals surface area contributed by atoms with Crippen molar-refractivity contribution >= 4 is 28.3 Å². The number of hydrogen-bond acceptors (Lipinski definition) is 4. The van der Waals surface area contributed by atoms with Gasteiger partial charge in [0.1, 0.15) is 5.82 Å². The fourth-order valence-corrected chi connectivity index (χ4v) is 2.63. The summed E-state index contributed by atoms with van der Waals surface area (Å²) < 4.78 is 1.54. The Morgan fingerprint density at radius 1 is 1.27 bits per heavy atom. The van der Waals surface area contributed by atoms with Gasteiger partial charge in [-0.3, -0.25) is 4.57 Å². The van der Waals surface area contributed by atoms with E-state index in [0.717, 1.165) is 16.6 Å². The minimum absolute atomic E-state index is 0.367. The van der Waals surface area contributed by atoms with E-state index in [1.165, 1.54) is 0 Å². The summed E-state index contributed by atoms with van der Waals surface area (Å²) in [7, 11) is 1.73. The number of nitrogens with one attached hydrogen (secondary N) is 1. The van der Waals surface area contributed by atoms with Crippen LogP contribution in [0.3, 0.4) is 0 Å². The van der Waals surface area contributed by atoms with Gasteiger partial charge < -0.3 is 11.1 Å². The molecular weight excluding hydrogens is 300 g/mol. The molecule has 6 heteroatoms. The number of benzene rings is 2. The number of halogens is 1. The van der Waals surface area contributed by atoms with Gasteiger partial charge in [0.25, 0.3) is 0 Å². The van der Waals surface area contributed by atoms with Gasteiger partial charge >= 0.3 is 5.69 Å². The molecule has 0 atom stereocenters. The van der Waals surface area contributed by atoms with Crippen LogP contribution in [-0.4, -0.2) is 16.6 Å². The zero-order chi connectivity index (χ0) is 15.7. The highest BCUT2D eigenvalue weighted by Crippen LogP contribution is 2.25.